The molecule has 8 nitrogen and oxygen atoms in total. The zero-order valence-corrected chi connectivity index (χ0v) is 20.9. The van der Waals surface area contributed by atoms with Gasteiger partial charge in [0.2, 0.25) is 10.0 Å². The van der Waals surface area contributed by atoms with Crippen LogP contribution >= 0.6 is 11.6 Å². The standard InChI is InChI=1S/C24H27ClN2O6S/c1-15(28)22(26-34(31,32)18-11-9-16(25)10-12-18)23(30)33-14-17(29)13-21-24(2,3)19-7-5-6-8-20(19)27(21)4/h5-13,15,22,26,28H,14H2,1-4H3/b21-13+. The number of ether oxygens (including phenoxy) is 1. The summed E-state index contributed by atoms with van der Waals surface area (Å²) in [7, 11) is -2.29. The van der Waals surface area contributed by atoms with Crippen molar-refractivity contribution in [2.45, 2.75) is 43.2 Å². The van der Waals surface area contributed by atoms with E-state index in [0.29, 0.717) is 5.02 Å². The molecule has 0 saturated heterocycles. The van der Waals surface area contributed by atoms with Crippen LogP contribution in [-0.2, 0) is 29.8 Å². The number of aliphatic hydroxyl groups is 1. The molecule has 182 valence electrons. The van der Waals surface area contributed by atoms with Gasteiger partial charge in [0.05, 0.1) is 11.0 Å². The summed E-state index contributed by atoms with van der Waals surface area (Å²) >= 11 is 5.78. The largest absolute Gasteiger partial charge is 0.456 e. The fourth-order valence-electron chi connectivity index (χ4n) is 3.88. The van der Waals surface area contributed by atoms with Crippen molar-refractivity contribution in [2.75, 3.05) is 18.6 Å². The molecule has 2 unspecified atom stereocenters. The van der Waals surface area contributed by atoms with Gasteiger partial charge in [-0.15, -0.1) is 0 Å². The molecule has 0 amide bonds. The van der Waals surface area contributed by atoms with Crippen molar-refractivity contribution in [1.29, 1.82) is 0 Å². The van der Waals surface area contributed by atoms with Crippen molar-refractivity contribution >= 4 is 39.1 Å². The van der Waals surface area contributed by atoms with Crippen LogP contribution in [0.4, 0.5) is 5.69 Å². The number of rotatable bonds is 8. The topological polar surface area (TPSA) is 113 Å². The number of halogens is 1. The van der Waals surface area contributed by atoms with Gasteiger partial charge in [0, 0.05) is 34.9 Å². The predicted octanol–water partition coefficient (Wildman–Crippen LogP) is 2.79. The highest BCUT2D eigenvalue weighted by atomic mass is 35.5. The molecule has 1 aliphatic rings. The first kappa shape index (κ1) is 25.9. The number of likely N-dealkylation sites (N-methyl/N-ethyl adjacent to an activating group) is 1. The van der Waals surface area contributed by atoms with E-state index >= 15 is 0 Å². The lowest BCUT2D eigenvalue weighted by Crippen LogP contribution is -2.48. The second kappa shape index (κ2) is 9.87. The van der Waals surface area contributed by atoms with E-state index in [2.05, 4.69) is 4.72 Å². The number of nitrogens with one attached hydrogen (secondary N) is 1. The van der Waals surface area contributed by atoms with Crippen LogP contribution in [0, 0.1) is 0 Å². The molecule has 2 atom stereocenters. The van der Waals surface area contributed by atoms with Crippen molar-refractivity contribution in [3.05, 3.63) is 70.9 Å². The van der Waals surface area contributed by atoms with Crippen LogP contribution < -0.4 is 9.62 Å². The van der Waals surface area contributed by atoms with Crippen molar-refractivity contribution in [1.82, 2.24) is 4.72 Å². The van der Waals surface area contributed by atoms with Crippen LogP contribution in [0.15, 0.2) is 65.2 Å². The van der Waals surface area contributed by atoms with Crippen LogP contribution in [0.1, 0.15) is 26.3 Å². The third kappa shape index (κ3) is 5.33. The van der Waals surface area contributed by atoms with Crippen molar-refractivity contribution < 1.29 is 27.9 Å². The lowest BCUT2D eigenvalue weighted by atomic mass is 9.83. The van der Waals surface area contributed by atoms with Gasteiger partial charge in [-0.25, -0.2) is 8.42 Å². The Morgan fingerprint density at radius 3 is 2.38 bits per heavy atom. The van der Waals surface area contributed by atoms with E-state index in [9.17, 15) is 23.1 Å². The second-order valence-electron chi connectivity index (χ2n) is 8.60. The molecular formula is C24H27ClN2O6S. The minimum absolute atomic E-state index is 0.137. The Kier molecular flexibility index (Phi) is 7.52. The smallest absolute Gasteiger partial charge is 0.327 e. The average Bonchev–Trinajstić information content (AvgIpc) is 2.97. The fourth-order valence-corrected chi connectivity index (χ4v) is 5.26. The SMILES string of the molecule is CC(O)C(NS(=O)(=O)c1ccc(Cl)cc1)C(=O)OCC(=O)/C=C1/N(C)c2ccccc2C1(C)C. The van der Waals surface area contributed by atoms with E-state index in [0.717, 1.165) is 16.9 Å². The molecule has 0 radical (unpaired) electrons. The summed E-state index contributed by atoms with van der Waals surface area (Å²) in [6.45, 7) is 4.63. The Balaban J connectivity index is 1.70. The highest BCUT2D eigenvalue weighted by molar-refractivity contribution is 7.89. The first-order valence-corrected chi connectivity index (χ1v) is 12.4. The number of aliphatic hydroxyl groups excluding tert-OH is 1. The summed E-state index contributed by atoms with van der Waals surface area (Å²) in [4.78, 5) is 26.9. The maximum absolute atomic E-state index is 12.6. The third-order valence-corrected chi connectivity index (χ3v) is 7.45. The summed E-state index contributed by atoms with van der Waals surface area (Å²) in [6.07, 6.45) is 0.0140. The number of carbonyl (C=O) groups is 2. The lowest BCUT2D eigenvalue weighted by molar-refractivity contribution is -0.151. The van der Waals surface area contributed by atoms with Crippen LogP contribution in [0.3, 0.4) is 0 Å². The van der Waals surface area contributed by atoms with E-state index in [1.54, 1.807) is 0 Å². The maximum Gasteiger partial charge on any atom is 0.327 e. The van der Waals surface area contributed by atoms with Crippen molar-refractivity contribution in [3.63, 3.8) is 0 Å². The Hall–Kier alpha value is -2.72. The van der Waals surface area contributed by atoms with Gasteiger partial charge in [-0.1, -0.05) is 43.6 Å². The number of sulfonamides is 1. The number of nitrogens with zero attached hydrogens (tertiary/aromatic N) is 1. The zero-order valence-electron chi connectivity index (χ0n) is 19.3. The minimum atomic E-state index is -4.15. The molecule has 1 aliphatic heterocycles. The average molecular weight is 507 g/mol. The summed E-state index contributed by atoms with van der Waals surface area (Å²) < 4.78 is 32.4. The number of hydrogen-bond donors (Lipinski definition) is 2. The number of anilines is 1. The van der Waals surface area contributed by atoms with Gasteiger partial charge in [-0.05, 0) is 42.8 Å². The molecule has 0 spiro atoms. The van der Waals surface area contributed by atoms with Gasteiger partial charge in [-0.2, -0.15) is 4.72 Å². The molecule has 1 heterocycles. The predicted molar refractivity (Wildman–Crippen MR) is 129 cm³/mol. The maximum atomic E-state index is 12.6. The van der Waals surface area contributed by atoms with Crippen molar-refractivity contribution in [2.24, 2.45) is 0 Å². The summed E-state index contributed by atoms with van der Waals surface area (Å²) in [5, 5.41) is 10.3. The van der Waals surface area contributed by atoms with E-state index in [1.165, 1.54) is 37.3 Å². The molecule has 2 N–H and O–H groups in total. The number of carbonyl (C=O) groups excluding carboxylic acids is 2. The molecule has 2 aromatic rings. The molecule has 0 saturated carbocycles. The van der Waals surface area contributed by atoms with Crippen LogP contribution in [-0.4, -0.2) is 51.1 Å². The molecule has 0 aliphatic carbocycles. The number of hydrogen-bond acceptors (Lipinski definition) is 7. The Bertz CT molecular complexity index is 1220. The number of esters is 1. The first-order chi connectivity index (χ1) is 15.8. The number of para-hydroxylation sites is 1. The van der Waals surface area contributed by atoms with Gasteiger partial charge < -0.3 is 14.7 Å². The molecule has 3 rings (SSSR count). The number of benzene rings is 2. The van der Waals surface area contributed by atoms with Crippen molar-refractivity contribution in [3.8, 4) is 0 Å². The van der Waals surface area contributed by atoms with Gasteiger partial charge in [0.1, 0.15) is 6.04 Å². The lowest BCUT2D eigenvalue weighted by Gasteiger charge is -2.24. The van der Waals surface area contributed by atoms with Gasteiger partial charge in [0.15, 0.2) is 12.4 Å². The Labute approximate surface area is 204 Å². The van der Waals surface area contributed by atoms with E-state index in [4.69, 9.17) is 16.3 Å². The summed E-state index contributed by atoms with van der Waals surface area (Å²) in [5.41, 5.74) is 2.36. The number of allylic oxidation sites excluding steroid dienone is 1. The number of fused-ring (bicyclic) bond motifs is 1. The molecule has 0 aromatic heterocycles. The first-order valence-electron chi connectivity index (χ1n) is 10.6. The molecule has 0 bridgehead atoms. The highest BCUT2D eigenvalue weighted by Crippen LogP contribution is 2.46. The normalized spacial score (nSPS) is 17.8. The molecule has 34 heavy (non-hydrogen) atoms. The fraction of sp³-hybridized carbons (Fsp3) is 0.333. The van der Waals surface area contributed by atoms with Crippen LogP contribution in [0.25, 0.3) is 0 Å². The van der Waals surface area contributed by atoms with E-state index in [1.807, 2.05) is 50.1 Å². The Morgan fingerprint density at radius 2 is 1.79 bits per heavy atom. The highest BCUT2D eigenvalue weighted by Gasteiger charge is 2.38. The van der Waals surface area contributed by atoms with Gasteiger partial charge >= 0.3 is 5.97 Å². The molecule has 0 fully saturated rings. The molecule has 2 aromatic carbocycles. The van der Waals surface area contributed by atoms with Crippen LogP contribution in [0.2, 0.25) is 5.02 Å². The molecular weight excluding hydrogens is 480 g/mol. The molecule has 10 heteroatoms. The quantitative estimate of drug-likeness (QED) is 0.418. The van der Waals surface area contributed by atoms with Crippen LogP contribution in [0.5, 0.6) is 0 Å². The van der Waals surface area contributed by atoms with Gasteiger partial charge in [-0.3, -0.25) is 9.59 Å². The third-order valence-electron chi connectivity index (χ3n) is 5.74. The minimum Gasteiger partial charge on any atom is -0.456 e. The number of ketones is 1. The summed E-state index contributed by atoms with van der Waals surface area (Å²) in [5.74, 6) is -1.54. The van der Waals surface area contributed by atoms with E-state index < -0.39 is 45.9 Å². The summed E-state index contributed by atoms with van der Waals surface area (Å²) in [6, 6.07) is 11.5. The Morgan fingerprint density at radius 1 is 1.18 bits per heavy atom. The zero-order chi connectivity index (χ0) is 25.3. The van der Waals surface area contributed by atoms with Gasteiger partial charge in [0.25, 0.3) is 0 Å². The monoisotopic (exact) mass is 506 g/mol. The van der Waals surface area contributed by atoms with E-state index in [-0.39, 0.29) is 4.90 Å². The second-order valence-corrected chi connectivity index (χ2v) is 10.7.